The molecule has 0 radical (unpaired) electrons. The topological polar surface area (TPSA) is 57.6 Å². The van der Waals surface area contributed by atoms with Gasteiger partial charge in [-0.05, 0) is 12.8 Å². The second-order valence-corrected chi connectivity index (χ2v) is 4.69. The van der Waals surface area contributed by atoms with E-state index in [2.05, 4.69) is 13.8 Å². The molecular weight excluding hydrogens is 230 g/mol. The zero-order valence-electron chi connectivity index (χ0n) is 11.8. The molecule has 0 spiro atoms. The van der Waals surface area contributed by atoms with E-state index in [1.54, 1.807) is 4.90 Å². The van der Waals surface area contributed by atoms with Crippen molar-refractivity contribution in [1.82, 2.24) is 4.90 Å². The summed E-state index contributed by atoms with van der Waals surface area (Å²) in [6.07, 6.45) is 6.91. The van der Waals surface area contributed by atoms with Gasteiger partial charge in [0.15, 0.2) is 0 Å². The van der Waals surface area contributed by atoms with Crippen LogP contribution in [-0.4, -0.2) is 35.0 Å². The van der Waals surface area contributed by atoms with Crippen LogP contribution in [0, 0.1) is 0 Å². The molecule has 1 N–H and O–H groups in total. The Kier molecular flexibility index (Phi) is 10.4. The van der Waals surface area contributed by atoms with E-state index in [1.165, 1.54) is 12.8 Å². The van der Waals surface area contributed by atoms with E-state index < -0.39 is 5.97 Å². The highest BCUT2D eigenvalue weighted by Gasteiger charge is 2.13. The first kappa shape index (κ1) is 16.9. The van der Waals surface area contributed by atoms with Gasteiger partial charge in [-0.25, -0.2) is 0 Å². The molecule has 4 nitrogen and oxygen atoms in total. The molecule has 106 valence electrons. The summed E-state index contributed by atoms with van der Waals surface area (Å²) >= 11 is 0. The van der Waals surface area contributed by atoms with Crippen LogP contribution in [0.3, 0.4) is 0 Å². The molecule has 0 heterocycles. The summed E-state index contributed by atoms with van der Waals surface area (Å²) in [4.78, 5) is 24.2. The van der Waals surface area contributed by atoms with Gasteiger partial charge in [0.2, 0.25) is 5.91 Å². The van der Waals surface area contributed by atoms with E-state index in [0.29, 0.717) is 19.5 Å². The van der Waals surface area contributed by atoms with Crippen molar-refractivity contribution in [3.8, 4) is 0 Å². The molecule has 0 saturated carbocycles. The highest BCUT2D eigenvalue weighted by Crippen LogP contribution is 2.06. The molecule has 18 heavy (non-hydrogen) atoms. The highest BCUT2D eigenvalue weighted by molar-refractivity contribution is 5.77. The van der Waals surface area contributed by atoms with Crippen molar-refractivity contribution in [2.24, 2.45) is 0 Å². The second-order valence-electron chi connectivity index (χ2n) is 4.69. The Bertz CT molecular complexity index is 241. The molecule has 0 rings (SSSR count). The molecule has 1 amide bonds. The largest absolute Gasteiger partial charge is 0.481 e. The number of hydrogen-bond acceptors (Lipinski definition) is 2. The second kappa shape index (κ2) is 11.1. The van der Waals surface area contributed by atoms with Crippen molar-refractivity contribution in [2.45, 2.75) is 65.2 Å². The molecule has 0 fully saturated rings. The van der Waals surface area contributed by atoms with Gasteiger partial charge in [-0.3, -0.25) is 9.59 Å². The zero-order valence-corrected chi connectivity index (χ0v) is 11.8. The molecule has 0 aromatic carbocycles. The smallest absolute Gasteiger partial charge is 0.305 e. The monoisotopic (exact) mass is 257 g/mol. The van der Waals surface area contributed by atoms with Crippen LogP contribution in [0.15, 0.2) is 0 Å². The van der Waals surface area contributed by atoms with E-state index >= 15 is 0 Å². The lowest BCUT2D eigenvalue weighted by Crippen LogP contribution is -2.33. The molecule has 4 heteroatoms. The Labute approximate surface area is 110 Å². The Hall–Kier alpha value is -1.06. The van der Waals surface area contributed by atoms with E-state index in [0.717, 1.165) is 25.7 Å². The number of nitrogens with zero attached hydrogens (tertiary/aromatic N) is 1. The molecule has 0 aliphatic carbocycles. The van der Waals surface area contributed by atoms with Crippen LogP contribution in [0.5, 0.6) is 0 Å². The van der Waals surface area contributed by atoms with Crippen LogP contribution >= 0.6 is 0 Å². The summed E-state index contributed by atoms with van der Waals surface area (Å²) in [6.45, 7) is 5.25. The SMILES string of the molecule is CCCCCCN(CCC(=O)O)C(=O)CCCC. The van der Waals surface area contributed by atoms with Gasteiger partial charge < -0.3 is 10.0 Å². The number of carboxylic acid groups (broad SMARTS) is 1. The maximum atomic E-state index is 11.9. The average molecular weight is 257 g/mol. The van der Waals surface area contributed by atoms with Gasteiger partial charge >= 0.3 is 5.97 Å². The molecule has 0 aromatic heterocycles. The van der Waals surface area contributed by atoms with Gasteiger partial charge in [-0.1, -0.05) is 39.5 Å². The third-order valence-electron chi connectivity index (χ3n) is 2.97. The fourth-order valence-electron chi connectivity index (χ4n) is 1.81. The van der Waals surface area contributed by atoms with Crippen LogP contribution in [0.25, 0.3) is 0 Å². The summed E-state index contributed by atoms with van der Waals surface area (Å²) in [5, 5.41) is 8.69. The molecule has 0 aliphatic heterocycles. The molecule has 0 unspecified atom stereocenters. The number of carboxylic acids is 1. The quantitative estimate of drug-likeness (QED) is 0.579. The lowest BCUT2D eigenvalue weighted by molar-refractivity contribution is -0.138. The minimum atomic E-state index is -0.836. The number of hydrogen-bond donors (Lipinski definition) is 1. The third kappa shape index (κ3) is 9.02. The van der Waals surface area contributed by atoms with E-state index in [4.69, 9.17) is 5.11 Å². The predicted octanol–water partition coefficient (Wildman–Crippen LogP) is 3.06. The van der Waals surface area contributed by atoms with Gasteiger partial charge in [0.1, 0.15) is 0 Å². The van der Waals surface area contributed by atoms with Gasteiger partial charge in [0, 0.05) is 19.5 Å². The van der Waals surface area contributed by atoms with E-state index in [1.807, 2.05) is 0 Å². The molecule has 0 atom stereocenters. The maximum Gasteiger partial charge on any atom is 0.305 e. The zero-order chi connectivity index (χ0) is 13.8. The maximum absolute atomic E-state index is 11.9. The molecule has 0 aromatic rings. The van der Waals surface area contributed by atoms with Crippen molar-refractivity contribution in [1.29, 1.82) is 0 Å². The minimum absolute atomic E-state index is 0.0473. The molecule has 0 aliphatic rings. The van der Waals surface area contributed by atoms with Gasteiger partial charge in [0.05, 0.1) is 6.42 Å². The van der Waals surface area contributed by atoms with Gasteiger partial charge in [-0.15, -0.1) is 0 Å². The summed E-state index contributed by atoms with van der Waals surface area (Å²) < 4.78 is 0. The lowest BCUT2D eigenvalue weighted by Gasteiger charge is -2.22. The minimum Gasteiger partial charge on any atom is -0.481 e. The fraction of sp³-hybridized carbons (Fsp3) is 0.857. The van der Waals surface area contributed by atoms with Gasteiger partial charge in [0.25, 0.3) is 0 Å². The van der Waals surface area contributed by atoms with Crippen LogP contribution in [0.2, 0.25) is 0 Å². The van der Waals surface area contributed by atoms with E-state index in [9.17, 15) is 9.59 Å². The molecule has 0 bridgehead atoms. The summed E-state index contributed by atoms with van der Waals surface area (Å²) in [5.74, 6) is -0.730. The van der Waals surface area contributed by atoms with Crippen molar-refractivity contribution in [3.05, 3.63) is 0 Å². The fourth-order valence-corrected chi connectivity index (χ4v) is 1.81. The van der Waals surface area contributed by atoms with Crippen molar-refractivity contribution in [3.63, 3.8) is 0 Å². The van der Waals surface area contributed by atoms with Crippen molar-refractivity contribution < 1.29 is 14.7 Å². The Morgan fingerprint density at radius 1 is 0.889 bits per heavy atom. The number of amides is 1. The average Bonchev–Trinajstić information content (AvgIpc) is 2.34. The normalized spacial score (nSPS) is 10.3. The van der Waals surface area contributed by atoms with Gasteiger partial charge in [-0.2, -0.15) is 0 Å². The van der Waals surface area contributed by atoms with Crippen LogP contribution in [0.4, 0.5) is 0 Å². The first-order valence-corrected chi connectivity index (χ1v) is 7.11. The van der Waals surface area contributed by atoms with Crippen LogP contribution < -0.4 is 0 Å². The van der Waals surface area contributed by atoms with Crippen molar-refractivity contribution in [2.75, 3.05) is 13.1 Å². The van der Waals surface area contributed by atoms with Crippen LogP contribution in [-0.2, 0) is 9.59 Å². The number of unbranched alkanes of at least 4 members (excludes halogenated alkanes) is 4. The predicted molar refractivity (Wildman–Crippen MR) is 72.5 cm³/mol. The summed E-state index contributed by atoms with van der Waals surface area (Å²) in [6, 6.07) is 0. The molecular formula is C14H27NO3. The number of rotatable bonds is 11. The molecule has 0 saturated heterocycles. The van der Waals surface area contributed by atoms with Crippen molar-refractivity contribution >= 4 is 11.9 Å². The van der Waals surface area contributed by atoms with E-state index in [-0.39, 0.29) is 12.3 Å². The standard InChI is InChI=1S/C14H27NO3/c1-3-5-7-8-11-15(12-10-14(17)18)13(16)9-6-4-2/h3-12H2,1-2H3,(H,17,18). The summed E-state index contributed by atoms with van der Waals surface area (Å²) in [7, 11) is 0. The Morgan fingerprint density at radius 3 is 2.11 bits per heavy atom. The Balaban J connectivity index is 4.05. The first-order valence-electron chi connectivity index (χ1n) is 7.11. The first-order chi connectivity index (χ1) is 8.61. The third-order valence-corrected chi connectivity index (χ3v) is 2.97. The number of aliphatic carboxylic acids is 1. The number of carbonyl (C=O) groups is 2. The Morgan fingerprint density at radius 2 is 1.56 bits per heavy atom. The summed E-state index contributed by atoms with van der Waals surface area (Å²) in [5.41, 5.74) is 0. The van der Waals surface area contributed by atoms with Crippen LogP contribution in [0.1, 0.15) is 65.2 Å². The lowest BCUT2D eigenvalue weighted by atomic mass is 10.1. The number of carbonyl (C=O) groups excluding carboxylic acids is 1. The highest BCUT2D eigenvalue weighted by atomic mass is 16.4.